The summed E-state index contributed by atoms with van der Waals surface area (Å²) in [5.74, 6) is 0.947. The zero-order valence-electron chi connectivity index (χ0n) is 9.00. The van der Waals surface area contributed by atoms with Crippen molar-refractivity contribution in [2.45, 2.75) is 0 Å². The van der Waals surface area contributed by atoms with Crippen molar-refractivity contribution in [3.8, 4) is 11.4 Å². The van der Waals surface area contributed by atoms with Gasteiger partial charge in [-0.25, -0.2) is 9.97 Å². The van der Waals surface area contributed by atoms with Gasteiger partial charge in [-0.2, -0.15) is 0 Å². The third kappa shape index (κ3) is 1.85. The van der Waals surface area contributed by atoms with Crippen LogP contribution in [0.5, 0.6) is 0 Å². The van der Waals surface area contributed by atoms with Crippen LogP contribution in [0.3, 0.4) is 0 Å². The highest BCUT2D eigenvalue weighted by molar-refractivity contribution is 6.30. The average Bonchev–Trinajstić information content (AvgIpc) is 2.72. The summed E-state index contributed by atoms with van der Waals surface area (Å²) < 4.78 is 0. The topological polar surface area (TPSA) is 55.9 Å². The van der Waals surface area contributed by atoms with Gasteiger partial charge in [-0.1, -0.05) is 11.6 Å². The molecular weight excluding hydrogens is 234 g/mol. The van der Waals surface area contributed by atoms with Crippen LogP contribution < -0.4 is 10.7 Å². The summed E-state index contributed by atoms with van der Waals surface area (Å²) in [4.78, 5) is 6.60. The molecule has 0 atom stereocenters. The fourth-order valence-electron chi connectivity index (χ4n) is 1.84. The van der Waals surface area contributed by atoms with E-state index in [2.05, 4.69) is 9.97 Å². The van der Waals surface area contributed by atoms with Crippen LogP contribution in [0, 0.1) is 0 Å². The van der Waals surface area contributed by atoms with Gasteiger partial charge in [0, 0.05) is 16.8 Å². The van der Waals surface area contributed by atoms with E-state index in [1.54, 1.807) is 0 Å². The van der Waals surface area contributed by atoms with Crippen LogP contribution in [0.1, 0.15) is 0 Å². The second kappa shape index (κ2) is 3.79. The molecule has 1 aromatic heterocycles. The Balaban J connectivity index is 2.14. The molecule has 0 amide bonds. The molecule has 4 N–H and O–H groups in total. The molecule has 0 saturated heterocycles. The number of benzene rings is 2. The molecule has 0 aliphatic carbocycles. The van der Waals surface area contributed by atoms with E-state index in [1.165, 1.54) is 0 Å². The summed E-state index contributed by atoms with van der Waals surface area (Å²) in [7, 11) is 0. The summed E-state index contributed by atoms with van der Waals surface area (Å²) in [5, 5.41) is 0.731. The minimum atomic E-state index is 0.731. The SMILES string of the molecule is Nc1ccc2[nH+]c(-c3ccc(Cl)cc3)[nH]c2c1. The van der Waals surface area contributed by atoms with Gasteiger partial charge in [0.2, 0.25) is 0 Å². The number of nitrogen functional groups attached to an aromatic ring is 1. The molecule has 0 spiro atoms. The second-order valence-corrected chi connectivity index (χ2v) is 4.37. The lowest BCUT2D eigenvalue weighted by molar-refractivity contribution is -0.330. The lowest BCUT2D eigenvalue weighted by Crippen LogP contribution is -2.02. The zero-order chi connectivity index (χ0) is 11.8. The predicted octanol–water partition coefficient (Wildman–Crippen LogP) is 2.88. The molecule has 0 bridgehead atoms. The van der Waals surface area contributed by atoms with Gasteiger partial charge in [0.05, 0.1) is 5.56 Å². The molecule has 0 fully saturated rings. The third-order valence-corrected chi connectivity index (χ3v) is 2.95. The Bertz CT molecular complexity index is 671. The van der Waals surface area contributed by atoms with Crippen molar-refractivity contribution in [1.29, 1.82) is 0 Å². The molecular formula is C13H11ClN3+. The third-order valence-electron chi connectivity index (χ3n) is 2.70. The smallest absolute Gasteiger partial charge is 0.285 e. The summed E-state index contributed by atoms with van der Waals surface area (Å²) in [6.07, 6.45) is 0. The molecule has 0 aliphatic heterocycles. The van der Waals surface area contributed by atoms with E-state index in [1.807, 2.05) is 42.5 Å². The highest BCUT2D eigenvalue weighted by Crippen LogP contribution is 2.20. The Labute approximate surface area is 103 Å². The minimum Gasteiger partial charge on any atom is -0.399 e. The number of hydrogen-bond acceptors (Lipinski definition) is 1. The number of aromatic amines is 2. The largest absolute Gasteiger partial charge is 0.399 e. The summed E-state index contributed by atoms with van der Waals surface area (Å²) in [6, 6.07) is 13.4. The number of H-pyrrole nitrogens is 2. The van der Waals surface area contributed by atoms with Gasteiger partial charge >= 0.3 is 0 Å². The molecule has 0 radical (unpaired) electrons. The molecule has 2 aromatic carbocycles. The van der Waals surface area contributed by atoms with E-state index >= 15 is 0 Å². The Morgan fingerprint density at radius 1 is 1.06 bits per heavy atom. The maximum absolute atomic E-state index is 5.86. The Morgan fingerprint density at radius 3 is 2.59 bits per heavy atom. The van der Waals surface area contributed by atoms with E-state index in [4.69, 9.17) is 17.3 Å². The highest BCUT2D eigenvalue weighted by Gasteiger charge is 2.11. The van der Waals surface area contributed by atoms with Crippen molar-refractivity contribution in [3.05, 3.63) is 47.5 Å². The van der Waals surface area contributed by atoms with Gasteiger partial charge in [0.25, 0.3) is 5.82 Å². The number of fused-ring (bicyclic) bond motifs is 1. The van der Waals surface area contributed by atoms with Gasteiger partial charge < -0.3 is 5.73 Å². The normalized spacial score (nSPS) is 10.9. The Morgan fingerprint density at radius 2 is 1.82 bits per heavy atom. The first-order chi connectivity index (χ1) is 8.22. The van der Waals surface area contributed by atoms with Crippen LogP contribution in [-0.4, -0.2) is 4.98 Å². The summed E-state index contributed by atoms with van der Waals surface area (Å²) >= 11 is 5.86. The van der Waals surface area contributed by atoms with Crippen LogP contribution in [0.2, 0.25) is 5.02 Å². The van der Waals surface area contributed by atoms with Crippen LogP contribution in [0.15, 0.2) is 42.5 Å². The molecule has 84 valence electrons. The van der Waals surface area contributed by atoms with E-state index in [0.29, 0.717) is 0 Å². The van der Waals surface area contributed by atoms with Crippen LogP contribution in [0.25, 0.3) is 22.4 Å². The van der Waals surface area contributed by atoms with Crippen LogP contribution in [-0.2, 0) is 0 Å². The highest BCUT2D eigenvalue weighted by atomic mass is 35.5. The van der Waals surface area contributed by atoms with Crippen molar-refractivity contribution < 1.29 is 4.98 Å². The number of imidazole rings is 1. The first kappa shape index (κ1) is 10.2. The maximum atomic E-state index is 5.86. The molecule has 3 nitrogen and oxygen atoms in total. The van der Waals surface area contributed by atoms with E-state index in [0.717, 1.165) is 33.1 Å². The molecule has 1 heterocycles. The fraction of sp³-hybridized carbons (Fsp3) is 0. The first-order valence-corrected chi connectivity index (χ1v) is 5.67. The lowest BCUT2D eigenvalue weighted by atomic mass is 10.2. The van der Waals surface area contributed by atoms with Gasteiger partial charge in [-0.05, 0) is 36.4 Å². The zero-order valence-corrected chi connectivity index (χ0v) is 9.75. The monoisotopic (exact) mass is 244 g/mol. The molecule has 3 rings (SSSR count). The van der Waals surface area contributed by atoms with E-state index < -0.39 is 0 Å². The standard InChI is InChI=1S/C13H10ClN3/c14-9-3-1-8(2-4-9)13-16-11-6-5-10(15)7-12(11)17-13/h1-7H,15H2,(H,16,17)/p+1. The second-order valence-electron chi connectivity index (χ2n) is 3.94. The fourth-order valence-corrected chi connectivity index (χ4v) is 1.96. The molecule has 0 aliphatic rings. The molecule has 0 saturated carbocycles. The van der Waals surface area contributed by atoms with Gasteiger partial charge in [0.15, 0.2) is 11.0 Å². The quantitative estimate of drug-likeness (QED) is 0.636. The van der Waals surface area contributed by atoms with Gasteiger partial charge in [0.1, 0.15) is 0 Å². The molecule has 17 heavy (non-hydrogen) atoms. The van der Waals surface area contributed by atoms with Crippen LogP contribution >= 0.6 is 11.6 Å². The van der Waals surface area contributed by atoms with Crippen molar-refractivity contribution in [2.24, 2.45) is 0 Å². The number of anilines is 1. The lowest BCUT2D eigenvalue weighted by Gasteiger charge is -1.91. The number of nitrogens with two attached hydrogens (primary N) is 1. The molecule has 3 aromatic rings. The molecule has 0 unspecified atom stereocenters. The Hall–Kier alpha value is -2.00. The van der Waals surface area contributed by atoms with Crippen molar-refractivity contribution >= 4 is 28.3 Å². The number of rotatable bonds is 1. The van der Waals surface area contributed by atoms with E-state index in [-0.39, 0.29) is 0 Å². The molecule has 4 heteroatoms. The number of aromatic nitrogens is 2. The van der Waals surface area contributed by atoms with Crippen LogP contribution in [0.4, 0.5) is 5.69 Å². The maximum Gasteiger partial charge on any atom is 0.285 e. The number of nitrogens with one attached hydrogen (secondary N) is 2. The van der Waals surface area contributed by atoms with Crippen molar-refractivity contribution in [3.63, 3.8) is 0 Å². The number of hydrogen-bond donors (Lipinski definition) is 2. The average molecular weight is 245 g/mol. The van der Waals surface area contributed by atoms with Crippen molar-refractivity contribution in [2.75, 3.05) is 5.73 Å². The number of halogens is 1. The Kier molecular flexibility index (Phi) is 2.27. The minimum absolute atomic E-state index is 0.731. The summed E-state index contributed by atoms with van der Waals surface area (Å²) in [5.41, 5.74) is 9.57. The first-order valence-electron chi connectivity index (χ1n) is 5.29. The summed E-state index contributed by atoms with van der Waals surface area (Å²) in [6.45, 7) is 0. The predicted molar refractivity (Wildman–Crippen MR) is 69.7 cm³/mol. The van der Waals surface area contributed by atoms with Gasteiger partial charge in [-0.15, -0.1) is 0 Å². The van der Waals surface area contributed by atoms with Crippen molar-refractivity contribution in [1.82, 2.24) is 4.98 Å². The van der Waals surface area contributed by atoms with Gasteiger partial charge in [-0.3, -0.25) is 0 Å². The van der Waals surface area contributed by atoms with E-state index in [9.17, 15) is 0 Å².